The van der Waals surface area contributed by atoms with Crippen molar-refractivity contribution in [3.8, 4) is 0 Å². The molecular formula is C24H29F3N4O. The van der Waals surface area contributed by atoms with Crippen molar-refractivity contribution in [2.75, 3.05) is 25.5 Å². The minimum absolute atomic E-state index is 0.102. The standard InChI is InChI=1S/C24H29F3N4O/c1-23(2)18-7-5-4-6-15(18)12-20(23)30-17-8-9-19(29-14-17)21(24(25,26)27)31(3)22(32)16-10-11-28-13-16/h4-9,14,16,20-21,28,30H,10-13H2,1-3H3/t16?,20?,21-/m0/s1. The summed E-state index contributed by atoms with van der Waals surface area (Å²) in [5.41, 5.74) is 2.92. The first-order chi connectivity index (χ1) is 15.1. The lowest BCUT2D eigenvalue weighted by molar-refractivity contribution is -0.191. The number of amides is 1. The highest BCUT2D eigenvalue weighted by molar-refractivity contribution is 5.79. The number of rotatable bonds is 5. The van der Waals surface area contributed by atoms with Crippen LogP contribution in [0.2, 0.25) is 0 Å². The number of nitrogens with one attached hydrogen (secondary N) is 2. The van der Waals surface area contributed by atoms with E-state index in [9.17, 15) is 18.0 Å². The molecule has 5 nitrogen and oxygen atoms in total. The van der Waals surface area contributed by atoms with Crippen molar-refractivity contribution in [1.29, 1.82) is 0 Å². The van der Waals surface area contributed by atoms with Gasteiger partial charge in [0.25, 0.3) is 0 Å². The van der Waals surface area contributed by atoms with Gasteiger partial charge in [0.2, 0.25) is 5.91 Å². The van der Waals surface area contributed by atoms with Crippen LogP contribution in [0, 0.1) is 5.92 Å². The van der Waals surface area contributed by atoms with Gasteiger partial charge in [-0.3, -0.25) is 9.78 Å². The average Bonchev–Trinajstić information content (AvgIpc) is 3.35. The Labute approximate surface area is 186 Å². The summed E-state index contributed by atoms with van der Waals surface area (Å²) in [7, 11) is 1.21. The molecule has 0 radical (unpaired) electrons. The maximum Gasteiger partial charge on any atom is 0.414 e. The predicted molar refractivity (Wildman–Crippen MR) is 117 cm³/mol. The number of hydrogen-bond acceptors (Lipinski definition) is 4. The lowest BCUT2D eigenvalue weighted by Gasteiger charge is -2.32. The second-order valence-electron chi connectivity index (χ2n) is 9.33. The monoisotopic (exact) mass is 446 g/mol. The number of fused-ring (bicyclic) bond motifs is 1. The largest absolute Gasteiger partial charge is 0.414 e. The fourth-order valence-electron chi connectivity index (χ4n) is 4.94. The highest BCUT2D eigenvalue weighted by Gasteiger charge is 2.47. The minimum Gasteiger partial charge on any atom is -0.380 e. The van der Waals surface area contributed by atoms with E-state index in [0.717, 1.165) is 11.3 Å². The third-order valence-corrected chi connectivity index (χ3v) is 6.87. The smallest absolute Gasteiger partial charge is 0.380 e. The molecule has 2 aromatic rings. The van der Waals surface area contributed by atoms with Crippen molar-refractivity contribution in [1.82, 2.24) is 15.2 Å². The third-order valence-electron chi connectivity index (χ3n) is 6.87. The van der Waals surface area contributed by atoms with Gasteiger partial charge in [0.15, 0.2) is 6.04 Å². The Morgan fingerprint density at radius 1 is 1.25 bits per heavy atom. The molecule has 3 atom stereocenters. The highest BCUT2D eigenvalue weighted by Crippen LogP contribution is 2.40. The summed E-state index contributed by atoms with van der Waals surface area (Å²) in [4.78, 5) is 17.5. The molecule has 1 saturated heterocycles. The third kappa shape index (κ3) is 4.20. The van der Waals surface area contributed by atoms with E-state index in [2.05, 4.69) is 41.6 Å². The fourth-order valence-corrected chi connectivity index (χ4v) is 4.94. The predicted octanol–water partition coefficient (Wildman–Crippen LogP) is 4.07. The first-order valence-corrected chi connectivity index (χ1v) is 10.9. The van der Waals surface area contributed by atoms with Crippen LogP contribution in [0.5, 0.6) is 0 Å². The first-order valence-electron chi connectivity index (χ1n) is 10.9. The molecule has 1 aliphatic carbocycles. The van der Waals surface area contributed by atoms with E-state index in [1.165, 1.54) is 30.4 Å². The van der Waals surface area contributed by atoms with Gasteiger partial charge in [-0.1, -0.05) is 38.1 Å². The normalized spacial score (nSPS) is 22.9. The summed E-state index contributed by atoms with van der Waals surface area (Å²) in [6.45, 7) is 5.37. The Balaban J connectivity index is 1.52. The lowest BCUT2D eigenvalue weighted by Crippen LogP contribution is -2.43. The van der Waals surface area contributed by atoms with E-state index in [1.807, 2.05) is 12.1 Å². The molecule has 4 rings (SSSR count). The van der Waals surface area contributed by atoms with Crippen molar-refractivity contribution >= 4 is 11.6 Å². The Hall–Kier alpha value is -2.61. The maximum absolute atomic E-state index is 13.9. The molecule has 32 heavy (non-hydrogen) atoms. The summed E-state index contributed by atoms with van der Waals surface area (Å²) in [5.74, 6) is -0.941. The SMILES string of the molecule is CN(C(=O)C1CCNC1)[C@@H](c1ccc(NC2Cc3ccccc3C2(C)C)cn1)C(F)(F)F. The van der Waals surface area contributed by atoms with Gasteiger partial charge in [-0.15, -0.1) is 0 Å². The molecule has 8 heteroatoms. The van der Waals surface area contributed by atoms with Crippen LogP contribution in [0.15, 0.2) is 42.6 Å². The molecule has 172 valence electrons. The van der Waals surface area contributed by atoms with Crippen molar-refractivity contribution in [2.45, 2.75) is 50.4 Å². The number of pyridine rings is 1. The van der Waals surface area contributed by atoms with Crippen molar-refractivity contribution in [3.63, 3.8) is 0 Å². The van der Waals surface area contributed by atoms with E-state index in [1.54, 1.807) is 6.07 Å². The zero-order chi connectivity index (χ0) is 23.1. The summed E-state index contributed by atoms with van der Waals surface area (Å²) in [6.07, 6.45) is -1.80. The summed E-state index contributed by atoms with van der Waals surface area (Å²) in [6, 6.07) is 9.30. The van der Waals surface area contributed by atoms with Crippen molar-refractivity contribution in [2.24, 2.45) is 5.92 Å². The molecule has 1 aromatic carbocycles. The van der Waals surface area contributed by atoms with Crippen LogP contribution in [0.25, 0.3) is 0 Å². The van der Waals surface area contributed by atoms with Crippen LogP contribution in [-0.2, 0) is 16.6 Å². The molecule has 2 heterocycles. The van der Waals surface area contributed by atoms with Crippen LogP contribution in [0.4, 0.5) is 18.9 Å². The van der Waals surface area contributed by atoms with Gasteiger partial charge in [-0.2, -0.15) is 13.2 Å². The van der Waals surface area contributed by atoms with Crippen molar-refractivity contribution < 1.29 is 18.0 Å². The molecular weight excluding hydrogens is 417 g/mol. The van der Waals surface area contributed by atoms with Crippen molar-refractivity contribution in [3.05, 3.63) is 59.4 Å². The van der Waals surface area contributed by atoms with E-state index in [4.69, 9.17) is 0 Å². The number of hydrogen-bond donors (Lipinski definition) is 2. The molecule has 1 fully saturated rings. The number of alkyl halides is 3. The number of aromatic nitrogens is 1. The van der Waals surface area contributed by atoms with Crippen LogP contribution in [-0.4, -0.2) is 48.1 Å². The summed E-state index contributed by atoms with van der Waals surface area (Å²) >= 11 is 0. The molecule has 1 amide bonds. The number of anilines is 1. The van der Waals surface area contributed by atoms with E-state index in [0.29, 0.717) is 25.2 Å². The molecule has 1 aromatic heterocycles. The second kappa shape index (κ2) is 8.39. The van der Waals surface area contributed by atoms with Gasteiger partial charge in [0.1, 0.15) is 0 Å². The second-order valence-corrected chi connectivity index (χ2v) is 9.33. The quantitative estimate of drug-likeness (QED) is 0.727. The fraction of sp³-hybridized carbons (Fsp3) is 0.500. The molecule has 2 aliphatic rings. The van der Waals surface area contributed by atoms with E-state index in [-0.39, 0.29) is 17.2 Å². The highest BCUT2D eigenvalue weighted by atomic mass is 19.4. The Morgan fingerprint density at radius 3 is 2.59 bits per heavy atom. The number of benzene rings is 1. The molecule has 0 spiro atoms. The Bertz CT molecular complexity index is 968. The van der Waals surface area contributed by atoms with Gasteiger partial charge in [0.05, 0.1) is 23.5 Å². The maximum atomic E-state index is 13.9. The molecule has 2 unspecified atom stereocenters. The molecule has 0 saturated carbocycles. The van der Waals surface area contributed by atoms with E-state index < -0.39 is 24.0 Å². The van der Waals surface area contributed by atoms with Crippen LogP contribution in [0.1, 0.15) is 43.1 Å². The van der Waals surface area contributed by atoms with Gasteiger partial charge >= 0.3 is 6.18 Å². The van der Waals surface area contributed by atoms with Crippen LogP contribution >= 0.6 is 0 Å². The number of nitrogens with zero attached hydrogens (tertiary/aromatic N) is 2. The number of halogens is 3. The molecule has 1 aliphatic heterocycles. The topological polar surface area (TPSA) is 57.3 Å². The summed E-state index contributed by atoms with van der Waals surface area (Å²) < 4.78 is 41.8. The van der Waals surface area contributed by atoms with Gasteiger partial charge in [0, 0.05) is 25.0 Å². The van der Waals surface area contributed by atoms with E-state index >= 15 is 0 Å². The van der Waals surface area contributed by atoms with Crippen LogP contribution in [0.3, 0.4) is 0 Å². The van der Waals surface area contributed by atoms with Gasteiger partial charge in [-0.05, 0) is 42.6 Å². The first kappa shape index (κ1) is 22.6. The average molecular weight is 447 g/mol. The molecule has 0 bridgehead atoms. The minimum atomic E-state index is -4.62. The lowest BCUT2D eigenvalue weighted by atomic mass is 9.83. The van der Waals surface area contributed by atoms with Crippen LogP contribution < -0.4 is 10.6 Å². The zero-order valence-electron chi connectivity index (χ0n) is 18.5. The Morgan fingerprint density at radius 2 is 2.00 bits per heavy atom. The van der Waals surface area contributed by atoms with Gasteiger partial charge in [-0.25, -0.2) is 0 Å². The molecule has 2 N–H and O–H groups in total. The number of carbonyl (C=O) groups excluding carboxylic acids is 1. The number of carbonyl (C=O) groups is 1. The zero-order valence-corrected chi connectivity index (χ0v) is 18.5. The summed E-state index contributed by atoms with van der Waals surface area (Å²) in [5, 5.41) is 6.48. The Kier molecular flexibility index (Phi) is 5.92. The van der Waals surface area contributed by atoms with Gasteiger partial charge < -0.3 is 15.5 Å².